The fraction of sp³-hybridized carbons (Fsp3) is 0.167. The van der Waals surface area contributed by atoms with Crippen molar-refractivity contribution < 1.29 is 22.7 Å². The molecule has 3 aromatic rings. The van der Waals surface area contributed by atoms with E-state index in [0.29, 0.717) is 18.8 Å². The van der Waals surface area contributed by atoms with E-state index in [1.54, 1.807) is 29.2 Å². The number of nitrogens with one attached hydrogen (secondary N) is 1. The number of halogens is 1. The molecule has 0 saturated carbocycles. The molecule has 33 heavy (non-hydrogen) atoms. The molecule has 3 aromatic carbocycles. The highest BCUT2D eigenvalue weighted by Gasteiger charge is 2.22. The van der Waals surface area contributed by atoms with E-state index in [-0.39, 0.29) is 16.4 Å². The Labute approximate surface area is 205 Å². The van der Waals surface area contributed by atoms with Crippen LogP contribution in [0.15, 0.2) is 77.7 Å². The second kappa shape index (κ2) is 9.92. The largest absolute Gasteiger partial charge is 0.452 e. The highest BCUT2D eigenvalue weighted by Crippen LogP contribution is 2.20. The first-order valence-electron chi connectivity index (χ1n) is 10.2. The standard InChI is InChI=1S/C24H21IN2O5S/c25-20-8-10-21(11-9-20)26-33(30,31)22-7-3-6-18(14-22)24(29)32-16-23(28)27-13-12-17-4-1-2-5-19(17)15-27/h1-11,14,26H,12-13,15-16H2. The Kier molecular flexibility index (Phi) is 6.99. The maximum absolute atomic E-state index is 12.7. The number of hydrogen-bond donors (Lipinski definition) is 1. The van der Waals surface area contributed by atoms with Gasteiger partial charge >= 0.3 is 5.97 Å². The lowest BCUT2D eigenvalue weighted by Gasteiger charge is -2.28. The summed E-state index contributed by atoms with van der Waals surface area (Å²) in [5.74, 6) is -1.05. The molecule has 7 nitrogen and oxygen atoms in total. The Balaban J connectivity index is 1.38. The molecular formula is C24H21IN2O5S. The van der Waals surface area contributed by atoms with Crippen molar-refractivity contribution in [3.8, 4) is 0 Å². The van der Waals surface area contributed by atoms with Crippen LogP contribution in [-0.4, -0.2) is 38.3 Å². The lowest BCUT2D eigenvalue weighted by atomic mass is 10.00. The normalized spacial score (nSPS) is 13.2. The summed E-state index contributed by atoms with van der Waals surface area (Å²) in [5.41, 5.74) is 2.77. The Morgan fingerprint density at radius 3 is 2.45 bits per heavy atom. The minimum Gasteiger partial charge on any atom is -0.452 e. The van der Waals surface area contributed by atoms with Gasteiger partial charge in [-0.05, 0) is 82.6 Å². The Morgan fingerprint density at radius 2 is 1.70 bits per heavy atom. The van der Waals surface area contributed by atoms with E-state index >= 15 is 0 Å². The number of benzene rings is 3. The van der Waals surface area contributed by atoms with Crippen molar-refractivity contribution in [2.75, 3.05) is 17.9 Å². The third-order valence-electron chi connectivity index (χ3n) is 5.29. The molecule has 4 rings (SSSR count). The molecule has 1 amide bonds. The van der Waals surface area contributed by atoms with E-state index in [1.165, 1.54) is 29.8 Å². The van der Waals surface area contributed by atoms with Crippen LogP contribution in [0.1, 0.15) is 21.5 Å². The molecule has 0 spiro atoms. The third kappa shape index (κ3) is 5.72. The SMILES string of the molecule is O=C(OCC(=O)N1CCc2ccccc2C1)c1cccc(S(=O)(=O)Nc2ccc(I)cc2)c1. The molecule has 0 saturated heterocycles. The number of nitrogens with zero attached hydrogens (tertiary/aromatic N) is 1. The molecule has 1 N–H and O–H groups in total. The van der Waals surface area contributed by atoms with Gasteiger partial charge in [0.05, 0.1) is 10.5 Å². The molecule has 0 fully saturated rings. The predicted molar refractivity (Wildman–Crippen MR) is 132 cm³/mol. The number of fused-ring (bicyclic) bond motifs is 1. The van der Waals surface area contributed by atoms with Crippen molar-refractivity contribution in [1.82, 2.24) is 4.90 Å². The maximum Gasteiger partial charge on any atom is 0.338 e. The van der Waals surface area contributed by atoms with E-state index in [0.717, 1.165) is 15.6 Å². The molecule has 0 bridgehead atoms. The van der Waals surface area contributed by atoms with Crippen LogP contribution >= 0.6 is 22.6 Å². The molecule has 170 valence electrons. The Morgan fingerprint density at radius 1 is 0.970 bits per heavy atom. The second-order valence-electron chi connectivity index (χ2n) is 7.55. The molecular weight excluding hydrogens is 555 g/mol. The fourth-order valence-electron chi connectivity index (χ4n) is 3.53. The van der Waals surface area contributed by atoms with Gasteiger partial charge in [0.2, 0.25) is 0 Å². The minimum absolute atomic E-state index is 0.0530. The van der Waals surface area contributed by atoms with Crippen LogP contribution in [0.2, 0.25) is 0 Å². The van der Waals surface area contributed by atoms with E-state index in [2.05, 4.69) is 27.3 Å². The number of hydrogen-bond acceptors (Lipinski definition) is 5. The number of esters is 1. The first kappa shape index (κ1) is 23.2. The van der Waals surface area contributed by atoms with Crippen LogP contribution in [-0.2, 0) is 32.5 Å². The zero-order chi connectivity index (χ0) is 23.4. The van der Waals surface area contributed by atoms with Crippen LogP contribution < -0.4 is 4.72 Å². The highest BCUT2D eigenvalue weighted by molar-refractivity contribution is 14.1. The summed E-state index contributed by atoms with van der Waals surface area (Å²) >= 11 is 2.13. The van der Waals surface area contributed by atoms with Crippen LogP contribution in [0.3, 0.4) is 0 Å². The number of rotatable bonds is 6. The summed E-state index contributed by atoms with van der Waals surface area (Å²) in [6.07, 6.45) is 0.753. The van der Waals surface area contributed by atoms with E-state index in [1.807, 2.05) is 24.3 Å². The number of amides is 1. The molecule has 0 radical (unpaired) electrons. The predicted octanol–water partition coefficient (Wildman–Crippen LogP) is 3.83. The highest BCUT2D eigenvalue weighted by atomic mass is 127. The summed E-state index contributed by atoms with van der Waals surface area (Å²) in [7, 11) is -3.89. The number of anilines is 1. The van der Waals surface area contributed by atoms with Crippen molar-refractivity contribution in [3.05, 3.63) is 93.1 Å². The minimum atomic E-state index is -3.89. The number of ether oxygens (including phenoxy) is 1. The van der Waals surface area contributed by atoms with Gasteiger partial charge in [-0.3, -0.25) is 9.52 Å². The number of sulfonamides is 1. The zero-order valence-electron chi connectivity index (χ0n) is 17.5. The quantitative estimate of drug-likeness (QED) is 0.356. The molecule has 1 heterocycles. The molecule has 0 aromatic heterocycles. The van der Waals surface area contributed by atoms with Gasteiger partial charge in [-0.1, -0.05) is 30.3 Å². The van der Waals surface area contributed by atoms with Gasteiger partial charge in [0.25, 0.3) is 15.9 Å². The van der Waals surface area contributed by atoms with Crippen LogP contribution in [0.4, 0.5) is 5.69 Å². The summed E-state index contributed by atoms with van der Waals surface area (Å²) < 4.78 is 34.1. The van der Waals surface area contributed by atoms with Crippen molar-refractivity contribution >= 4 is 50.2 Å². The van der Waals surface area contributed by atoms with Crippen LogP contribution in [0.5, 0.6) is 0 Å². The summed E-state index contributed by atoms with van der Waals surface area (Å²) in [6.45, 7) is 0.634. The van der Waals surface area contributed by atoms with Crippen molar-refractivity contribution in [2.24, 2.45) is 0 Å². The van der Waals surface area contributed by atoms with Crippen molar-refractivity contribution in [1.29, 1.82) is 0 Å². The molecule has 0 aliphatic carbocycles. The van der Waals surface area contributed by atoms with Gasteiger partial charge in [-0.15, -0.1) is 0 Å². The summed E-state index contributed by atoms with van der Waals surface area (Å²) in [4.78, 5) is 26.6. The molecule has 1 aliphatic heterocycles. The first-order valence-corrected chi connectivity index (χ1v) is 12.8. The lowest BCUT2D eigenvalue weighted by Crippen LogP contribution is -2.38. The zero-order valence-corrected chi connectivity index (χ0v) is 20.5. The first-order chi connectivity index (χ1) is 15.8. The molecule has 0 unspecified atom stereocenters. The summed E-state index contributed by atoms with van der Waals surface area (Å²) in [6, 6.07) is 20.3. The van der Waals surface area contributed by atoms with Crippen LogP contribution in [0.25, 0.3) is 0 Å². The van der Waals surface area contributed by atoms with Crippen molar-refractivity contribution in [2.45, 2.75) is 17.9 Å². The molecule has 0 atom stereocenters. The van der Waals surface area contributed by atoms with Gasteiger partial charge in [0, 0.05) is 22.3 Å². The van der Waals surface area contributed by atoms with E-state index < -0.39 is 22.6 Å². The molecule has 1 aliphatic rings. The van der Waals surface area contributed by atoms with E-state index in [4.69, 9.17) is 4.74 Å². The number of carbonyl (C=O) groups is 2. The Bertz CT molecular complexity index is 1290. The van der Waals surface area contributed by atoms with Gasteiger partial charge in [-0.25, -0.2) is 13.2 Å². The van der Waals surface area contributed by atoms with Crippen molar-refractivity contribution in [3.63, 3.8) is 0 Å². The summed E-state index contributed by atoms with van der Waals surface area (Å²) in [5, 5.41) is 0. The Hall–Kier alpha value is -2.92. The van der Waals surface area contributed by atoms with Crippen LogP contribution in [0, 0.1) is 3.57 Å². The van der Waals surface area contributed by atoms with Gasteiger partial charge < -0.3 is 9.64 Å². The fourth-order valence-corrected chi connectivity index (χ4v) is 5.00. The average molecular weight is 576 g/mol. The van der Waals surface area contributed by atoms with Gasteiger partial charge in [0.15, 0.2) is 6.61 Å². The lowest BCUT2D eigenvalue weighted by molar-refractivity contribution is -0.135. The molecule has 9 heteroatoms. The monoisotopic (exact) mass is 576 g/mol. The maximum atomic E-state index is 12.7. The third-order valence-corrected chi connectivity index (χ3v) is 7.38. The average Bonchev–Trinajstić information content (AvgIpc) is 2.83. The van der Waals surface area contributed by atoms with E-state index in [9.17, 15) is 18.0 Å². The van der Waals surface area contributed by atoms with Gasteiger partial charge in [-0.2, -0.15) is 0 Å². The topological polar surface area (TPSA) is 92.8 Å². The van der Waals surface area contributed by atoms with Gasteiger partial charge in [0.1, 0.15) is 0 Å². The smallest absolute Gasteiger partial charge is 0.338 e. The number of carbonyl (C=O) groups excluding carboxylic acids is 2. The second-order valence-corrected chi connectivity index (χ2v) is 10.5.